The lowest BCUT2D eigenvalue weighted by atomic mass is 10.2. The van der Waals surface area contributed by atoms with Crippen LogP contribution in [0.1, 0.15) is 19.0 Å². The maximum absolute atomic E-state index is 10.5. The summed E-state index contributed by atoms with van der Waals surface area (Å²) in [6, 6.07) is 1.83. The zero-order chi connectivity index (χ0) is 11.3. The lowest BCUT2D eigenvalue weighted by Gasteiger charge is -2.15. The van der Waals surface area contributed by atoms with Crippen LogP contribution in [0, 0.1) is 0 Å². The van der Waals surface area contributed by atoms with Gasteiger partial charge in [-0.05, 0) is 6.42 Å². The third kappa shape index (κ3) is 3.53. The van der Waals surface area contributed by atoms with Crippen molar-refractivity contribution >= 4 is 11.8 Å². The summed E-state index contributed by atoms with van der Waals surface area (Å²) in [5.41, 5.74) is 0.944. The van der Waals surface area contributed by atoms with Crippen LogP contribution in [0.25, 0.3) is 0 Å². The normalized spacial score (nSPS) is 10.0. The number of carboxylic acid groups (broad SMARTS) is 1. The molecule has 0 aromatic carbocycles. The number of likely N-dealkylation sites (N-methyl/N-ethyl adjacent to an activating group) is 1. The van der Waals surface area contributed by atoms with Crippen LogP contribution in [0.15, 0.2) is 12.4 Å². The Labute approximate surface area is 88.8 Å². The highest BCUT2D eigenvalue weighted by atomic mass is 16.4. The van der Waals surface area contributed by atoms with E-state index >= 15 is 0 Å². The first-order valence-electron chi connectivity index (χ1n) is 4.87. The molecule has 0 saturated carbocycles. The van der Waals surface area contributed by atoms with Gasteiger partial charge in [-0.1, -0.05) is 13.3 Å². The van der Waals surface area contributed by atoms with Crippen molar-refractivity contribution in [3.63, 3.8) is 0 Å². The Morgan fingerprint density at radius 3 is 2.87 bits per heavy atom. The van der Waals surface area contributed by atoms with Crippen molar-refractivity contribution in [2.45, 2.75) is 19.8 Å². The number of nitrogens with zero attached hydrogens (tertiary/aromatic N) is 3. The SMILES string of the molecule is CCCc1cc(N(C)CC(=O)O)ncn1. The van der Waals surface area contributed by atoms with Crippen molar-refractivity contribution in [1.82, 2.24) is 9.97 Å². The molecule has 0 aliphatic carbocycles. The smallest absolute Gasteiger partial charge is 0.323 e. The molecule has 1 aromatic heterocycles. The zero-order valence-corrected chi connectivity index (χ0v) is 8.97. The quantitative estimate of drug-likeness (QED) is 0.782. The molecule has 1 rings (SSSR count). The summed E-state index contributed by atoms with van der Waals surface area (Å²) in [7, 11) is 1.70. The number of hydrogen-bond donors (Lipinski definition) is 1. The summed E-state index contributed by atoms with van der Waals surface area (Å²) in [5, 5.41) is 8.63. The molecule has 0 spiro atoms. The van der Waals surface area contributed by atoms with Gasteiger partial charge in [0.2, 0.25) is 0 Å². The predicted molar refractivity (Wildman–Crippen MR) is 56.9 cm³/mol. The highest BCUT2D eigenvalue weighted by Gasteiger charge is 2.07. The highest BCUT2D eigenvalue weighted by Crippen LogP contribution is 2.09. The Hall–Kier alpha value is -1.65. The number of anilines is 1. The minimum Gasteiger partial charge on any atom is -0.480 e. The van der Waals surface area contributed by atoms with Gasteiger partial charge in [-0.2, -0.15) is 0 Å². The van der Waals surface area contributed by atoms with Crippen LogP contribution in [-0.2, 0) is 11.2 Å². The molecule has 0 amide bonds. The van der Waals surface area contributed by atoms with Crippen LogP contribution in [0.3, 0.4) is 0 Å². The third-order valence-electron chi connectivity index (χ3n) is 1.98. The second-order valence-corrected chi connectivity index (χ2v) is 3.37. The molecule has 0 aliphatic heterocycles. The van der Waals surface area contributed by atoms with E-state index in [4.69, 9.17) is 5.11 Å². The lowest BCUT2D eigenvalue weighted by Crippen LogP contribution is -2.26. The van der Waals surface area contributed by atoms with Crippen LogP contribution < -0.4 is 4.90 Å². The average Bonchev–Trinajstić information content (AvgIpc) is 2.17. The van der Waals surface area contributed by atoms with E-state index in [9.17, 15) is 4.79 Å². The van der Waals surface area contributed by atoms with Crippen LogP contribution in [0.5, 0.6) is 0 Å². The zero-order valence-electron chi connectivity index (χ0n) is 8.97. The monoisotopic (exact) mass is 209 g/mol. The molecule has 0 bridgehead atoms. The molecule has 82 valence electrons. The maximum atomic E-state index is 10.5. The Morgan fingerprint density at radius 1 is 1.53 bits per heavy atom. The van der Waals surface area contributed by atoms with Gasteiger partial charge in [0.1, 0.15) is 18.7 Å². The number of aryl methyl sites for hydroxylation is 1. The molecule has 0 aliphatic rings. The van der Waals surface area contributed by atoms with Crippen LogP contribution in [-0.4, -0.2) is 34.6 Å². The fourth-order valence-corrected chi connectivity index (χ4v) is 1.27. The topological polar surface area (TPSA) is 66.3 Å². The largest absolute Gasteiger partial charge is 0.480 e. The number of aromatic nitrogens is 2. The van der Waals surface area contributed by atoms with E-state index in [1.165, 1.54) is 6.33 Å². The maximum Gasteiger partial charge on any atom is 0.323 e. The molecule has 0 atom stereocenters. The van der Waals surface area contributed by atoms with Gasteiger partial charge >= 0.3 is 5.97 Å². The highest BCUT2D eigenvalue weighted by molar-refractivity contribution is 5.72. The summed E-state index contributed by atoms with van der Waals surface area (Å²) in [6.07, 6.45) is 3.37. The Balaban J connectivity index is 2.75. The first kappa shape index (κ1) is 11.4. The minimum absolute atomic E-state index is 0.0530. The molecule has 15 heavy (non-hydrogen) atoms. The van der Waals surface area contributed by atoms with Crippen molar-refractivity contribution in [2.75, 3.05) is 18.5 Å². The van der Waals surface area contributed by atoms with Crippen LogP contribution >= 0.6 is 0 Å². The summed E-state index contributed by atoms with van der Waals surface area (Å²) >= 11 is 0. The van der Waals surface area contributed by atoms with E-state index < -0.39 is 5.97 Å². The number of hydrogen-bond acceptors (Lipinski definition) is 4. The molecule has 0 unspecified atom stereocenters. The van der Waals surface area contributed by atoms with Crippen molar-refractivity contribution < 1.29 is 9.90 Å². The van der Waals surface area contributed by atoms with Gasteiger partial charge in [0.15, 0.2) is 0 Å². The number of rotatable bonds is 5. The van der Waals surface area contributed by atoms with Crippen molar-refractivity contribution in [3.8, 4) is 0 Å². The molecule has 1 N–H and O–H groups in total. The van der Waals surface area contributed by atoms with Gasteiger partial charge < -0.3 is 10.0 Å². The number of carboxylic acids is 1. The molecule has 0 saturated heterocycles. The summed E-state index contributed by atoms with van der Waals surface area (Å²) in [6.45, 7) is 2.02. The van der Waals surface area contributed by atoms with E-state index in [-0.39, 0.29) is 6.54 Å². The number of carbonyl (C=O) groups is 1. The van der Waals surface area contributed by atoms with Gasteiger partial charge in [-0.15, -0.1) is 0 Å². The third-order valence-corrected chi connectivity index (χ3v) is 1.98. The average molecular weight is 209 g/mol. The van der Waals surface area contributed by atoms with Gasteiger partial charge in [0, 0.05) is 18.8 Å². The molecule has 5 nitrogen and oxygen atoms in total. The van der Waals surface area contributed by atoms with E-state index in [1.54, 1.807) is 11.9 Å². The van der Waals surface area contributed by atoms with Crippen molar-refractivity contribution in [1.29, 1.82) is 0 Å². The Morgan fingerprint density at radius 2 is 2.27 bits per heavy atom. The Kier molecular flexibility index (Phi) is 4.03. The van der Waals surface area contributed by atoms with Crippen molar-refractivity contribution in [3.05, 3.63) is 18.1 Å². The van der Waals surface area contributed by atoms with Gasteiger partial charge in [-0.3, -0.25) is 4.79 Å². The Bertz CT molecular complexity index is 341. The lowest BCUT2D eigenvalue weighted by molar-refractivity contribution is -0.135. The van der Waals surface area contributed by atoms with Gasteiger partial charge in [0.25, 0.3) is 0 Å². The molecular formula is C10H15N3O2. The summed E-state index contributed by atoms with van der Waals surface area (Å²) in [4.78, 5) is 20.2. The van der Waals surface area contributed by atoms with Crippen molar-refractivity contribution in [2.24, 2.45) is 0 Å². The fraction of sp³-hybridized carbons (Fsp3) is 0.500. The molecular weight excluding hydrogens is 194 g/mol. The molecule has 1 aromatic rings. The fourth-order valence-electron chi connectivity index (χ4n) is 1.27. The van der Waals surface area contributed by atoms with E-state index in [0.29, 0.717) is 5.82 Å². The second-order valence-electron chi connectivity index (χ2n) is 3.37. The molecule has 0 radical (unpaired) electrons. The minimum atomic E-state index is -0.867. The standard InChI is InChI=1S/C10H15N3O2/c1-3-4-8-5-9(12-7-11-8)13(2)6-10(14)15/h5,7H,3-4,6H2,1-2H3,(H,14,15). The van der Waals surface area contributed by atoms with Gasteiger partial charge in [0.05, 0.1) is 0 Å². The predicted octanol–water partition coefficient (Wildman–Crippen LogP) is 0.950. The van der Waals surface area contributed by atoms with Gasteiger partial charge in [-0.25, -0.2) is 9.97 Å². The van der Waals surface area contributed by atoms with Crippen LogP contribution in [0.2, 0.25) is 0 Å². The first-order chi connectivity index (χ1) is 7.13. The summed E-state index contributed by atoms with van der Waals surface area (Å²) < 4.78 is 0. The number of aliphatic carboxylic acids is 1. The molecule has 1 heterocycles. The summed E-state index contributed by atoms with van der Waals surface area (Å²) in [5.74, 6) is -0.219. The van der Waals surface area contributed by atoms with Crippen LogP contribution in [0.4, 0.5) is 5.82 Å². The van der Waals surface area contributed by atoms with E-state index in [0.717, 1.165) is 18.5 Å². The van der Waals surface area contributed by atoms with E-state index in [1.807, 2.05) is 6.07 Å². The second kappa shape index (κ2) is 5.29. The first-order valence-corrected chi connectivity index (χ1v) is 4.87. The van der Waals surface area contributed by atoms with E-state index in [2.05, 4.69) is 16.9 Å². The molecule has 0 fully saturated rings. The molecule has 5 heteroatoms.